The fraction of sp³-hybridized carbons (Fsp3) is 0.318. The van der Waals surface area contributed by atoms with E-state index in [0.29, 0.717) is 18.7 Å². The van der Waals surface area contributed by atoms with Crippen LogP contribution in [0, 0.1) is 11.3 Å². The number of hydrogen-bond donors (Lipinski definition) is 1. The van der Waals surface area contributed by atoms with E-state index >= 15 is 0 Å². The Balaban J connectivity index is 1.48. The van der Waals surface area contributed by atoms with E-state index < -0.39 is 24.0 Å². The van der Waals surface area contributed by atoms with Gasteiger partial charge in [-0.3, -0.25) is 4.79 Å². The fourth-order valence-electron chi connectivity index (χ4n) is 3.63. The number of nitriles is 1. The van der Waals surface area contributed by atoms with Crippen molar-refractivity contribution in [3.8, 4) is 22.5 Å². The SMILES string of the molecule is N#CC1(NC(=O)COC(=O)c2nc(-c3cccs3)n(-c3ccccc3)n2)CCCCC1. The molecule has 0 spiro atoms. The Hall–Kier alpha value is -3.51. The van der Waals surface area contributed by atoms with Gasteiger partial charge in [-0.05, 0) is 36.4 Å². The van der Waals surface area contributed by atoms with Crippen LogP contribution in [-0.4, -0.2) is 38.8 Å². The number of carbonyl (C=O) groups is 2. The second-order valence-corrected chi connectivity index (χ2v) is 8.31. The lowest BCUT2D eigenvalue weighted by Gasteiger charge is -2.31. The Labute approximate surface area is 183 Å². The van der Waals surface area contributed by atoms with E-state index in [9.17, 15) is 14.9 Å². The zero-order valence-electron chi connectivity index (χ0n) is 16.8. The Bertz CT molecular complexity index is 1100. The topological polar surface area (TPSA) is 110 Å². The van der Waals surface area contributed by atoms with Crippen LogP contribution in [0.3, 0.4) is 0 Å². The highest BCUT2D eigenvalue weighted by Gasteiger charge is 2.34. The summed E-state index contributed by atoms with van der Waals surface area (Å²) in [4.78, 5) is 30.1. The number of nitrogens with one attached hydrogen (secondary N) is 1. The molecule has 8 nitrogen and oxygen atoms in total. The summed E-state index contributed by atoms with van der Waals surface area (Å²) < 4.78 is 6.73. The molecule has 1 aliphatic carbocycles. The largest absolute Gasteiger partial charge is 0.450 e. The van der Waals surface area contributed by atoms with Gasteiger partial charge in [-0.25, -0.2) is 9.48 Å². The summed E-state index contributed by atoms with van der Waals surface area (Å²) in [6.07, 6.45) is 4.04. The maximum atomic E-state index is 12.6. The first-order valence-corrected chi connectivity index (χ1v) is 10.9. The summed E-state index contributed by atoms with van der Waals surface area (Å²) in [5, 5.41) is 18.4. The van der Waals surface area contributed by atoms with E-state index in [-0.39, 0.29) is 5.82 Å². The van der Waals surface area contributed by atoms with Crippen LogP contribution in [0.15, 0.2) is 47.8 Å². The summed E-state index contributed by atoms with van der Waals surface area (Å²) in [5.74, 6) is -0.911. The standard InChI is InChI=1S/C22H21N5O3S/c23-15-22(11-5-2-6-12-22)25-18(28)14-30-21(29)19-24-20(17-10-7-13-31-17)27(26-19)16-8-3-1-4-9-16/h1,3-4,7-10,13H,2,5-6,11-12,14H2,(H,25,28). The van der Waals surface area contributed by atoms with Crippen molar-refractivity contribution in [1.29, 1.82) is 5.26 Å². The molecule has 2 heterocycles. The molecule has 1 N–H and O–H groups in total. The average Bonchev–Trinajstić information content (AvgIpc) is 3.49. The van der Waals surface area contributed by atoms with Crippen molar-refractivity contribution in [2.75, 3.05) is 6.61 Å². The molecule has 2 aromatic heterocycles. The number of nitrogens with zero attached hydrogens (tertiary/aromatic N) is 4. The number of aromatic nitrogens is 3. The summed E-state index contributed by atoms with van der Waals surface area (Å²) in [7, 11) is 0. The van der Waals surface area contributed by atoms with Crippen molar-refractivity contribution < 1.29 is 14.3 Å². The Morgan fingerprint density at radius 2 is 1.94 bits per heavy atom. The van der Waals surface area contributed by atoms with Crippen LogP contribution in [0.25, 0.3) is 16.4 Å². The number of amides is 1. The van der Waals surface area contributed by atoms with E-state index in [2.05, 4.69) is 21.5 Å². The first-order chi connectivity index (χ1) is 15.1. The Morgan fingerprint density at radius 3 is 2.61 bits per heavy atom. The zero-order valence-corrected chi connectivity index (χ0v) is 17.6. The molecule has 1 amide bonds. The highest BCUT2D eigenvalue weighted by Crippen LogP contribution is 2.28. The van der Waals surface area contributed by atoms with Gasteiger partial charge in [-0.2, -0.15) is 10.2 Å². The van der Waals surface area contributed by atoms with Crippen LogP contribution < -0.4 is 5.32 Å². The molecule has 4 rings (SSSR count). The quantitative estimate of drug-likeness (QED) is 0.594. The third-order valence-corrected chi connectivity index (χ3v) is 6.03. The Kier molecular flexibility index (Phi) is 6.09. The highest BCUT2D eigenvalue weighted by molar-refractivity contribution is 7.13. The molecule has 0 radical (unpaired) electrons. The van der Waals surface area contributed by atoms with Crippen LogP contribution in [0.2, 0.25) is 0 Å². The second-order valence-electron chi connectivity index (χ2n) is 7.36. The molecule has 1 aromatic carbocycles. The van der Waals surface area contributed by atoms with Gasteiger partial charge in [0, 0.05) is 0 Å². The van der Waals surface area contributed by atoms with Gasteiger partial charge < -0.3 is 10.1 Å². The van der Waals surface area contributed by atoms with E-state index in [1.165, 1.54) is 11.3 Å². The third-order valence-electron chi connectivity index (χ3n) is 5.17. The van der Waals surface area contributed by atoms with Gasteiger partial charge in [0.05, 0.1) is 16.6 Å². The summed E-state index contributed by atoms with van der Waals surface area (Å²) >= 11 is 1.48. The molecule has 31 heavy (non-hydrogen) atoms. The lowest BCUT2D eigenvalue weighted by Crippen LogP contribution is -2.50. The molecule has 158 valence electrons. The van der Waals surface area contributed by atoms with Crippen molar-refractivity contribution in [2.45, 2.75) is 37.6 Å². The van der Waals surface area contributed by atoms with Crippen LogP contribution >= 0.6 is 11.3 Å². The number of esters is 1. The zero-order chi connectivity index (χ0) is 21.7. The minimum absolute atomic E-state index is 0.132. The molecular weight excluding hydrogens is 414 g/mol. The summed E-state index contributed by atoms with van der Waals surface area (Å²) in [6.45, 7) is -0.490. The highest BCUT2D eigenvalue weighted by atomic mass is 32.1. The van der Waals surface area contributed by atoms with E-state index in [0.717, 1.165) is 29.8 Å². The molecule has 1 fully saturated rings. The summed E-state index contributed by atoms with van der Waals surface area (Å²) in [6, 6.07) is 15.3. The molecular formula is C22H21N5O3S. The van der Waals surface area contributed by atoms with Crippen LogP contribution in [-0.2, 0) is 9.53 Å². The number of carbonyl (C=O) groups excluding carboxylic acids is 2. The maximum Gasteiger partial charge on any atom is 0.378 e. The van der Waals surface area contributed by atoms with Gasteiger partial charge >= 0.3 is 5.97 Å². The van der Waals surface area contributed by atoms with Gasteiger partial charge in [0.2, 0.25) is 0 Å². The number of thiophene rings is 1. The molecule has 1 saturated carbocycles. The number of ether oxygens (including phenoxy) is 1. The first kappa shape index (κ1) is 20.8. The molecule has 0 bridgehead atoms. The average molecular weight is 436 g/mol. The summed E-state index contributed by atoms with van der Waals surface area (Å²) in [5.41, 5.74) is -0.121. The van der Waals surface area contributed by atoms with Crippen LogP contribution in [0.5, 0.6) is 0 Å². The van der Waals surface area contributed by atoms with E-state index in [1.54, 1.807) is 4.68 Å². The molecule has 0 unspecified atom stereocenters. The normalized spacial score (nSPS) is 15.1. The smallest absolute Gasteiger partial charge is 0.378 e. The second kappa shape index (κ2) is 9.10. The van der Waals surface area contributed by atoms with Crippen LogP contribution in [0.1, 0.15) is 42.7 Å². The Morgan fingerprint density at radius 1 is 1.16 bits per heavy atom. The van der Waals surface area contributed by atoms with Crippen LogP contribution in [0.4, 0.5) is 0 Å². The van der Waals surface area contributed by atoms with Crippen molar-refractivity contribution in [1.82, 2.24) is 20.1 Å². The lowest BCUT2D eigenvalue weighted by molar-refractivity contribution is -0.125. The molecule has 0 aliphatic heterocycles. The predicted molar refractivity (Wildman–Crippen MR) is 115 cm³/mol. The third kappa shape index (κ3) is 4.64. The molecule has 9 heteroatoms. The number of rotatable bonds is 6. The molecule has 1 aliphatic rings. The van der Waals surface area contributed by atoms with Gasteiger partial charge in [0.25, 0.3) is 11.7 Å². The number of para-hydroxylation sites is 1. The number of hydrogen-bond acceptors (Lipinski definition) is 7. The monoisotopic (exact) mass is 435 g/mol. The molecule has 0 saturated heterocycles. The van der Waals surface area contributed by atoms with Crippen molar-refractivity contribution >= 4 is 23.2 Å². The lowest BCUT2D eigenvalue weighted by atomic mass is 9.83. The molecule has 0 atom stereocenters. The van der Waals surface area contributed by atoms with Crippen molar-refractivity contribution in [3.05, 3.63) is 53.7 Å². The van der Waals surface area contributed by atoms with Gasteiger partial charge in [-0.15, -0.1) is 16.4 Å². The minimum atomic E-state index is -0.874. The molecule has 3 aromatic rings. The minimum Gasteiger partial charge on any atom is -0.450 e. The van der Waals surface area contributed by atoms with Gasteiger partial charge in [0.1, 0.15) is 5.54 Å². The van der Waals surface area contributed by atoms with Gasteiger partial charge in [-0.1, -0.05) is 43.5 Å². The van der Waals surface area contributed by atoms with Gasteiger partial charge in [0.15, 0.2) is 12.4 Å². The van der Waals surface area contributed by atoms with Crippen molar-refractivity contribution in [2.24, 2.45) is 0 Å². The van der Waals surface area contributed by atoms with E-state index in [4.69, 9.17) is 4.74 Å². The van der Waals surface area contributed by atoms with E-state index in [1.807, 2.05) is 47.8 Å². The van der Waals surface area contributed by atoms with Crippen molar-refractivity contribution in [3.63, 3.8) is 0 Å². The first-order valence-electron chi connectivity index (χ1n) is 10.1. The predicted octanol–water partition coefficient (Wildman–Crippen LogP) is 3.50. The number of benzene rings is 1. The maximum absolute atomic E-state index is 12.6. The fourth-order valence-corrected chi connectivity index (χ4v) is 4.33.